The number of hydrogen-bond donors (Lipinski definition) is 1. The van der Waals surface area contributed by atoms with Crippen LogP contribution < -0.4 is 10.2 Å². The minimum atomic E-state index is 0.0656. The lowest BCUT2D eigenvalue weighted by molar-refractivity contribution is -0.118. The third kappa shape index (κ3) is 3.69. The molecule has 0 bridgehead atoms. The summed E-state index contributed by atoms with van der Waals surface area (Å²) in [5.74, 6) is 1.19. The van der Waals surface area contributed by atoms with Gasteiger partial charge >= 0.3 is 0 Å². The SMILES string of the molecule is CCC(=O)N(Cc1cccc(-c2nc3c(nc(NC)c4ncn(C)c43)o2)c1)c1ccccc1. The predicted molar refractivity (Wildman–Crippen MR) is 129 cm³/mol. The molecule has 0 saturated carbocycles. The van der Waals surface area contributed by atoms with E-state index in [2.05, 4.69) is 15.3 Å². The number of nitrogens with one attached hydrogen (secondary N) is 1. The number of carbonyl (C=O) groups excluding carboxylic acids is 1. The summed E-state index contributed by atoms with van der Waals surface area (Å²) in [6, 6.07) is 17.6. The molecule has 1 amide bonds. The Morgan fingerprint density at radius 1 is 1.09 bits per heavy atom. The molecule has 8 nitrogen and oxygen atoms in total. The number of amides is 1. The van der Waals surface area contributed by atoms with E-state index >= 15 is 0 Å². The van der Waals surface area contributed by atoms with Gasteiger partial charge < -0.3 is 19.2 Å². The molecule has 0 fully saturated rings. The molecule has 0 aliphatic rings. The van der Waals surface area contributed by atoms with Crippen molar-refractivity contribution in [3.05, 3.63) is 66.5 Å². The van der Waals surface area contributed by atoms with E-state index < -0.39 is 0 Å². The first kappa shape index (κ1) is 20.7. The van der Waals surface area contributed by atoms with Gasteiger partial charge in [-0.05, 0) is 29.8 Å². The summed E-state index contributed by atoms with van der Waals surface area (Å²) in [7, 11) is 3.73. The second-order valence-electron chi connectivity index (χ2n) is 7.81. The zero-order valence-corrected chi connectivity index (χ0v) is 18.7. The number of carbonyl (C=O) groups is 1. The lowest BCUT2D eigenvalue weighted by atomic mass is 10.1. The summed E-state index contributed by atoms with van der Waals surface area (Å²) in [6.07, 6.45) is 2.17. The fourth-order valence-electron chi connectivity index (χ4n) is 3.98. The van der Waals surface area contributed by atoms with Gasteiger partial charge in [-0.3, -0.25) is 4.79 Å². The van der Waals surface area contributed by atoms with Gasteiger partial charge in [-0.25, -0.2) is 9.97 Å². The Labute approximate surface area is 190 Å². The van der Waals surface area contributed by atoms with E-state index in [9.17, 15) is 4.79 Å². The Morgan fingerprint density at radius 2 is 1.91 bits per heavy atom. The fourth-order valence-corrected chi connectivity index (χ4v) is 3.98. The number of nitrogens with zero attached hydrogens (tertiary/aromatic N) is 5. The average molecular weight is 441 g/mol. The van der Waals surface area contributed by atoms with Crippen LogP contribution in [0.3, 0.4) is 0 Å². The van der Waals surface area contributed by atoms with Crippen LogP contribution >= 0.6 is 0 Å². The highest BCUT2D eigenvalue weighted by Gasteiger charge is 2.19. The number of aryl methyl sites for hydroxylation is 1. The molecular formula is C25H24N6O2. The number of hydrogen-bond acceptors (Lipinski definition) is 6. The molecule has 0 saturated heterocycles. The molecule has 0 aliphatic heterocycles. The van der Waals surface area contributed by atoms with Crippen LogP contribution in [0.4, 0.5) is 11.5 Å². The largest absolute Gasteiger partial charge is 0.418 e. The van der Waals surface area contributed by atoms with Crippen LogP contribution in [0.5, 0.6) is 0 Å². The highest BCUT2D eigenvalue weighted by molar-refractivity contribution is 6.03. The van der Waals surface area contributed by atoms with Crippen molar-refractivity contribution in [3.8, 4) is 11.5 Å². The lowest BCUT2D eigenvalue weighted by Crippen LogP contribution is -2.29. The summed E-state index contributed by atoms with van der Waals surface area (Å²) < 4.78 is 7.97. The molecule has 0 atom stereocenters. The minimum Gasteiger partial charge on any atom is -0.418 e. The van der Waals surface area contributed by atoms with Crippen molar-refractivity contribution >= 4 is 39.7 Å². The number of imidazole rings is 1. The summed E-state index contributed by atoms with van der Waals surface area (Å²) in [5, 5.41) is 3.07. The van der Waals surface area contributed by atoms with Crippen molar-refractivity contribution in [3.63, 3.8) is 0 Å². The number of fused-ring (bicyclic) bond motifs is 3. The van der Waals surface area contributed by atoms with Gasteiger partial charge in [0, 0.05) is 31.8 Å². The van der Waals surface area contributed by atoms with Crippen LogP contribution in [0.15, 0.2) is 65.3 Å². The van der Waals surface area contributed by atoms with Gasteiger partial charge in [-0.2, -0.15) is 4.98 Å². The van der Waals surface area contributed by atoms with E-state index in [1.807, 2.05) is 73.1 Å². The third-order valence-corrected chi connectivity index (χ3v) is 5.63. The maximum atomic E-state index is 12.7. The number of anilines is 2. The number of pyridine rings is 1. The number of para-hydroxylation sites is 1. The van der Waals surface area contributed by atoms with Crippen molar-refractivity contribution in [2.24, 2.45) is 7.05 Å². The summed E-state index contributed by atoms with van der Waals surface area (Å²) in [4.78, 5) is 28.2. The number of oxazole rings is 1. The normalized spacial score (nSPS) is 11.2. The van der Waals surface area contributed by atoms with Gasteiger partial charge in [0.25, 0.3) is 5.71 Å². The summed E-state index contributed by atoms with van der Waals surface area (Å²) in [6.45, 7) is 2.33. The van der Waals surface area contributed by atoms with Crippen molar-refractivity contribution < 1.29 is 9.21 Å². The zero-order chi connectivity index (χ0) is 22.9. The smallest absolute Gasteiger partial charge is 0.251 e. The molecule has 3 heterocycles. The zero-order valence-electron chi connectivity index (χ0n) is 18.7. The first-order chi connectivity index (χ1) is 16.1. The Morgan fingerprint density at radius 3 is 2.67 bits per heavy atom. The maximum Gasteiger partial charge on any atom is 0.251 e. The Hall–Kier alpha value is -4.20. The monoisotopic (exact) mass is 440 g/mol. The van der Waals surface area contributed by atoms with Crippen LogP contribution in [0.25, 0.3) is 33.7 Å². The van der Waals surface area contributed by atoms with E-state index in [0.29, 0.717) is 35.9 Å². The second kappa shape index (κ2) is 8.38. The number of aromatic nitrogens is 4. The van der Waals surface area contributed by atoms with Gasteiger partial charge in [0.1, 0.15) is 11.0 Å². The molecule has 0 unspecified atom stereocenters. The van der Waals surface area contributed by atoms with Crippen LogP contribution in [0.1, 0.15) is 18.9 Å². The van der Waals surface area contributed by atoms with E-state index in [1.165, 1.54) is 0 Å². The van der Waals surface area contributed by atoms with Gasteiger partial charge in [-0.1, -0.05) is 37.3 Å². The molecule has 8 heteroatoms. The number of rotatable bonds is 6. The Kier molecular flexibility index (Phi) is 5.26. The Bertz CT molecular complexity index is 1450. The second-order valence-corrected chi connectivity index (χ2v) is 7.81. The molecule has 166 valence electrons. The van der Waals surface area contributed by atoms with Crippen LogP contribution in [-0.4, -0.2) is 32.5 Å². The first-order valence-electron chi connectivity index (χ1n) is 10.8. The van der Waals surface area contributed by atoms with E-state index in [0.717, 1.165) is 27.8 Å². The fraction of sp³-hybridized carbons (Fsp3) is 0.200. The molecule has 5 aromatic rings. The van der Waals surface area contributed by atoms with Crippen molar-refractivity contribution in [2.45, 2.75) is 19.9 Å². The average Bonchev–Trinajstić information content (AvgIpc) is 3.46. The van der Waals surface area contributed by atoms with Gasteiger partial charge in [0.15, 0.2) is 11.3 Å². The highest BCUT2D eigenvalue weighted by Crippen LogP contribution is 2.31. The van der Waals surface area contributed by atoms with Crippen LogP contribution in [-0.2, 0) is 18.4 Å². The first-order valence-corrected chi connectivity index (χ1v) is 10.8. The number of benzene rings is 2. The summed E-state index contributed by atoms with van der Waals surface area (Å²) >= 11 is 0. The summed E-state index contributed by atoms with van der Waals surface area (Å²) in [5.41, 5.74) is 5.40. The molecule has 3 aromatic heterocycles. The van der Waals surface area contributed by atoms with E-state index in [4.69, 9.17) is 9.40 Å². The van der Waals surface area contributed by atoms with Crippen LogP contribution in [0.2, 0.25) is 0 Å². The van der Waals surface area contributed by atoms with Crippen molar-refractivity contribution in [1.82, 2.24) is 19.5 Å². The maximum absolute atomic E-state index is 12.7. The van der Waals surface area contributed by atoms with Crippen molar-refractivity contribution in [1.29, 1.82) is 0 Å². The van der Waals surface area contributed by atoms with E-state index in [1.54, 1.807) is 18.3 Å². The van der Waals surface area contributed by atoms with Gasteiger partial charge in [-0.15, -0.1) is 0 Å². The molecule has 2 aromatic carbocycles. The van der Waals surface area contributed by atoms with Crippen LogP contribution in [0, 0.1) is 0 Å². The molecule has 0 spiro atoms. The highest BCUT2D eigenvalue weighted by atomic mass is 16.4. The molecule has 0 aliphatic carbocycles. The molecule has 0 radical (unpaired) electrons. The lowest BCUT2D eigenvalue weighted by Gasteiger charge is -2.22. The quantitative estimate of drug-likeness (QED) is 0.409. The van der Waals surface area contributed by atoms with Gasteiger partial charge in [0.05, 0.1) is 12.9 Å². The van der Waals surface area contributed by atoms with Gasteiger partial charge in [0.2, 0.25) is 11.8 Å². The van der Waals surface area contributed by atoms with Crippen molar-refractivity contribution in [2.75, 3.05) is 17.3 Å². The van der Waals surface area contributed by atoms with E-state index in [-0.39, 0.29) is 5.91 Å². The topological polar surface area (TPSA) is 89.1 Å². The predicted octanol–water partition coefficient (Wildman–Crippen LogP) is 4.76. The third-order valence-electron chi connectivity index (χ3n) is 5.63. The molecule has 33 heavy (non-hydrogen) atoms. The molecule has 1 N–H and O–H groups in total. The molecule has 5 rings (SSSR count). The minimum absolute atomic E-state index is 0.0656. The standard InChI is InChI=1S/C25H24N6O2/c1-4-19(32)31(18-11-6-5-7-12-18)14-16-9-8-10-17(13-16)24-28-21-22-20(27-15-30(22)3)23(26-2)29-25(21)33-24/h5-13,15H,4,14H2,1-3H3,(H,26,29). The molecular weight excluding hydrogens is 416 g/mol. The Balaban J connectivity index is 1.54.